The van der Waals surface area contributed by atoms with Gasteiger partial charge < -0.3 is 15.5 Å². The number of thiophene rings is 1. The fourth-order valence-electron chi connectivity index (χ4n) is 4.47. The maximum atomic E-state index is 12.3. The molecule has 0 unspecified atom stereocenters. The largest absolute Gasteiger partial charge is 0.371 e. The predicted octanol–water partition coefficient (Wildman–Crippen LogP) is 5.20. The molecule has 150 valence electrons. The lowest BCUT2D eigenvalue weighted by Gasteiger charge is -2.35. The summed E-state index contributed by atoms with van der Waals surface area (Å²) >= 11 is 1.83. The van der Waals surface area contributed by atoms with Crippen LogP contribution < -0.4 is 15.5 Å². The molecule has 0 spiro atoms. The number of hydrogen-bond donors (Lipinski definition) is 2. The number of nitrogens with one attached hydrogen (secondary N) is 2. The second kappa shape index (κ2) is 9.10. The van der Waals surface area contributed by atoms with Gasteiger partial charge in [-0.3, -0.25) is 4.79 Å². The van der Waals surface area contributed by atoms with Crippen molar-refractivity contribution >= 4 is 28.6 Å². The molecule has 1 aromatic heterocycles. The highest BCUT2D eigenvalue weighted by atomic mass is 32.1. The number of amides is 1. The maximum absolute atomic E-state index is 12.3. The Morgan fingerprint density at radius 1 is 1.07 bits per heavy atom. The molecule has 1 aliphatic heterocycles. The van der Waals surface area contributed by atoms with Crippen LogP contribution in [0.5, 0.6) is 0 Å². The third-order valence-corrected chi connectivity index (χ3v) is 7.23. The lowest BCUT2D eigenvalue weighted by molar-refractivity contribution is -0.119. The van der Waals surface area contributed by atoms with E-state index in [1.807, 2.05) is 23.5 Å². The van der Waals surface area contributed by atoms with E-state index in [1.165, 1.54) is 23.4 Å². The molecule has 5 heteroatoms. The predicted molar refractivity (Wildman–Crippen MR) is 118 cm³/mol. The van der Waals surface area contributed by atoms with Gasteiger partial charge in [-0.05, 0) is 68.3 Å². The highest BCUT2D eigenvalue weighted by Crippen LogP contribution is 2.27. The van der Waals surface area contributed by atoms with Crippen LogP contribution in [0.4, 0.5) is 11.4 Å². The van der Waals surface area contributed by atoms with E-state index in [0.717, 1.165) is 44.5 Å². The Labute approximate surface area is 172 Å². The summed E-state index contributed by atoms with van der Waals surface area (Å²) in [5.41, 5.74) is 2.17. The monoisotopic (exact) mass is 397 g/mol. The third-order valence-electron chi connectivity index (χ3n) is 6.18. The number of piperidine rings is 1. The molecular weight excluding hydrogens is 366 g/mol. The lowest BCUT2D eigenvalue weighted by Crippen LogP contribution is -2.43. The Morgan fingerprint density at radius 3 is 2.43 bits per heavy atom. The number of anilines is 2. The first-order valence-electron chi connectivity index (χ1n) is 10.6. The zero-order valence-corrected chi connectivity index (χ0v) is 17.5. The van der Waals surface area contributed by atoms with E-state index < -0.39 is 0 Å². The van der Waals surface area contributed by atoms with Gasteiger partial charge in [0.1, 0.15) is 0 Å². The Hall–Kier alpha value is -1.85. The standard InChI is InChI=1S/C23H31N3OS/c1-17(22-7-4-16-28-22)24-20-12-14-26(15-13-20)21-10-8-19(9-11-21)25-23(27)18-5-2-3-6-18/h4,7-11,16-18,20,24H,2-3,5-6,12-15H2,1H3,(H,25,27)/t17-/m0/s1. The van der Waals surface area contributed by atoms with Gasteiger partial charge in [0.15, 0.2) is 0 Å². The van der Waals surface area contributed by atoms with Gasteiger partial charge in [0.05, 0.1) is 0 Å². The smallest absolute Gasteiger partial charge is 0.227 e. The molecular formula is C23H31N3OS. The van der Waals surface area contributed by atoms with Crippen LogP contribution in [0, 0.1) is 5.92 Å². The van der Waals surface area contributed by atoms with E-state index in [9.17, 15) is 4.79 Å². The second-order valence-electron chi connectivity index (χ2n) is 8.18. The van der Waals surface area contributed by atoms with E-state index in [-0.39, 0.29) is 11.8 Å². The number of carbonyl (C=O) groups excluding carboxylic acids is 1. The molecule has 1 saturated carbocycles. The van der Waals surface area contributed by atoms with Crippen LogP contribution in [0.3, 0.4) is 0 Å². The quantitative estimate of drug-likeness (QED) is 0.704. The van der Waals surface area contributed by atoms with Crippen LogP contribution in [0.15, 0.2) is 41.8 Å². The molecule has 1 saturated heterocycles. The van der Waals surface area contributed by atoms with Crippen molar-refractivity contribution in [2.75, 3.05) is 23.3 Å². The van der Waals surface area contributed by atoms with Gasteiger partial charge in [-0.1, -0.05) is 18.9 Å². The Kier molecular flexibility index (Phi) is 6.33. The van der Waals surface area contributed by atoms with Crippen molar-refractivity contribution in [3.05, 3.63) is 46.7 Å². The molecule has 28 heavy (non-hydrogen) atoms. The van der Waals surface area contributed by atoms with Crippen LogP contribution in [0.1, 0.15) is 56.4 Å². The Balaban J connectivity index is 1.25. The third kappa shape index (κ3) is 4.76. The van der Waals surface area contributed by atoms with Gasteiger partial charge in [-0.2, -0.15) is 0 Å². The average Bonchev–Trinajstić information content (AvgIpc) is 3.43. The molecule has 2 aliphatic rings. The Morgan fingerprint density at radius 2 is 1.79 bits per heavy atom. The second-order valence-corrected chi connectivity index (χ2v) is 9.16. The minimum absolute atomic E-state index is 0.192. The molecule has 4 rings (SSSR count). The summed E-state index contributed by atoms with van der Waals surface area (Å²) in [6.07, 6.45) is 6.78. The Bertz CT molecular complexity index is 745. The molecule has 2 N–H and O–H groups in total. The minimum Gasteiger partial charge on any atom is -0.371 e. The van der Waals surface area contributed by atoms with E-state index in [0.29, 0.717) is 12.1 Å². The van der Waals surface area contributed by atoms with Crippen molar-refractivity contribution in [2.24, 2.45) is 5.92 Å². The van der Waals surface area contributed by atoms with Crippen molar-refractivity contribution in [1.82, 2.24) is 5.32 Å². The van der Waals surface area contributed by atoms with E-state index >= 15 is 0 Å². The highest BCUT2D eigenvalue weighted by Gasteiger charge is 2.23. The number of benzene rings is 1. The molecule has 1 aromatic carbocycles. The summed E-state index contributed by atoms with van der Waals surface area (Å²) in [6, 6.07) is 13.7. The summed E-state index contributed by atoms with van der Waals surface area (Å²) in [6.45, 7) is 4.40. The van der Waals surface area contributed by atoms with Crippen LogP contribution in [-0.4, -0.2) is 25.0 Å². The summed E-state index contributed by atoms with van der Waals surface area (Å²) in [7, 11) is 0. The summed E-state index contributed by atoms with van der Waals surface area (Å²) < 4.78 is 0. The first-order chi connectivity index (χ1) is 13.7. The topological polar surface area (TPSA) is 44.4 Å². The summed E-state index contributed by atoms with van der Waals surface area (Å²) in [5, 5.41) is 9.03. The maximum Gasteiger partial charge on any atom is 0.227 e. The van der Waals surface area contributed by atoms with Crippen molar-refractivity contribution in [2.45, 2.75) is 57.5 Å². The van der Waals surface area contributed by atoms with Crippen LogP contribution in [0.2, 0.25) is 0 Å². The van der Waals surface area contributed by atoms with Gasteiger partial charge in [0.2, 0.25) is 5.91 Å². The summed E-state index contributed by atoms with van der Waals surface area (Å²) in [4.78, 5) is 16.2. The van der Waals surface area contributed by atoms with Crippen LogP contribution >= 0.6 is 11.3 Å². The molecule has 2 aromatic rings. The molecule has 0 radical (unpaired) electrons. The number of carbonyl (C=O) groups is 1. The SMILES string of the molecule is C[C@H](NC1CCN(c2ccc(NC(=O)C3CCCC3)cc2)CC1)c1cccs1. The van der Waals surface area contributed by atoms with E-state index in [1.54, 1.807) is 0 Å². The van der Waals surface area contributed by atoms with Crippen molar-refractivity contribution in [3.63, 3.8) is 0 Å². The molecule has 1 aliphatic carbocycles. The van der Waals surface area contributed by atoms with Crippen LogP contribution in [0.25, 0.3) is 0 Å². The van der Waals surface area contributed by atoms with Gasteiger partial charge in [0, 0.05) is 47.3 Å². The van der Waals surface area contributed by atoms with Crippen molar-refractivity contribution in [1.29, 1.82) is 0 Å². The number of nitrogens with zero attached hydrogens (tertiary/aromatic N) is 1. The van der Waals surface area contributed by atoms with E-state index in [4.69, 9.17) is 0 Å². The molecule has 2 heterocycles. The van der Waals surface area contributed by atoms with Crippen molar-refractivity contribution < 1.29 is 4.79 Å². The fourth-order valence-corrected chi connectivity index (χ4v) is 5.21. The van der Waals surface area contributed by atoms with Gasteiger partial charge in [-0.25, -0.2) is 0 Å². The first kappa shape index (κ1) is 19.5. The van der Waals surface area contributed by atoms with Crippen LogP contribution in [-0.2, 0) is 4.79 Å². The highest BCUT2D eigenvalue weighted by molar-refractivity contribution is 7.10. The zero-order chi connectivity index (χ0) is 19.3. The summed E-state index contributed by atoms with van der Waals surface area (Å²) in [5.74, 6) is 0.403. The van der Waals surface area contributed by atoms with Gasteiger partial charge in [0.25, 0.3) is 0 Å². The fraction of sp³-hybridized carbons (Fsp3) is 0.522. The molecule has 1 atom stereocenters. The minimum atomic E-state index is 0.192. The molecule has 4 nitrogen and oxygen atoms in total. The van der Waals surface area contributed by atoms with Gasteiger partial charge in [-0.15, -0.1) is 11.3 Å². The zero-order valence-electron chi connectivity index (χ0n) is 16.7. The van der Waals surface area contributed by atoms with E-state index in [2.05, 4.69) is 52.1 Å². The average molecular weight is 398 g/mol. The van der Waals surface area contributed by atoms with Gasteiger partial charge >= 0.3 is 0 Å². The van der Waals surface area contributed by atoms with Crippen molar-refractivity contribution in [3.8, 4) is 0 Å². The number of rotatable bonds is 6. The lowest BCUT2D eigenvalue weighted by atomic mass is 10.0. The first-order valence-corrected chi connectivity index (χ1v) is 11.5. The molecule has 1 amide bonds. The molecule has 0 bridgehead atoms. The number of hydrogen-bond acceptors (Lipinski definition) is 4. The normalized spacial score (nSPS) is 19.7. The molecule has 2 fully saturated rings.